The van der Waals surface area contributed by atoms with E-state index < -0.39 is 9.84 Å². The van der Waals surface area contributed by atoms with Crippen LogP contribution >= 0.6 is 0 Å². The number of hydrogen-bond donors (Lipinski definition) is 1. The van der Waals surface area contributed by atoms with Gasteiger partial charge in [0, 0.05) is 31.5 Å². The Bertz CT molecular complexity index is 661. The van der Waals surface area contributed by atoms with Crippen LogP contribution in [0.25, 0.3) is 0 Å². The van der Waals surface area contributed by atoms with E-state index in [1.165, 1.54) is 12.8 Å². The van der Waals surface area contributed by atoms with Gasteiger partial charge in [-0.05, 0) is 25.2 Å². The molecule has 0 unspecified atom stereocenters. The molecule has 0 bridgehead atoms. The molecule has 1 aliphatic heterocycles. The van der Waals surface area contributed by atoms with Gasteiger partial charge in [-0.1, -0.05) is 0 Å². The molecule has 0 aromatic carbocycles. The maximum Gasteiger partial charge on any atom is 0.255 e. The van der Waals surface area contributed by atoms with E-state index in [0.717, 1.165) is 25.3 Å². The van der Waals surface area contributed by atoms with Crippen molar-refractivity contribution >= 4 is 9.84 Å². The van der Waals surface area contributed by atoms with Gasteiger partial charge in [-0.25, -0.2) is 13.4 Å². The van der Waals surface area contributed by atoms with Gasteiger partial charge in [-0.15, -0.1) is 0 Å². The van der Waals surface area contributed by atoms with Crippen LogP contribution in [0.4, 0.5) is 0 Å². The summed E-state index contributed by atoms with van der Waals surface area (Å²) in [4.78, 5) is 20.7. The van der Waals surface area contributed by atoms with Crippen LogP contribution in [0, 0.1) is 5.92 Å². The van der Waals surface area contributed by atoms with Gasteiger partial charge < -0.3 is 0 Å². The summed E-state index contributed by atoms with van der Waals surface area (Å²) in [5, 5.41) is -0.218. The molecule has 1 aromatic rings. The van der Waals surface area contributed by atoms with Crippen molar-refractivity contribution in [2.24, 2.45) is 5.92 Å². The first-order valence-corrected chi connectivity index (χ1v) is 8.37. The Balaban J connectivity index is 1.93. The molecule has 1 N–H and O–H groups in total. The second kappa shape index (κ2) is 4.42. The predicted molar refractivity (Wildman–Crippen MR) is 69.7 cm³/mol. The van der Waals surface area contributed by atoms with E-state index in [4.69, 9.17) is 0 Å². The Kier molecular flexibility index (Phi) is 2.98. The molecule has 1 fully saturated rings. The number of nitrogens with one attached hydrogen (secondary N) is 1. The lowest BCUT2D eigenvalue weighted by atomic mass is 10.1. The van der Waals surface area contributed by atoms with Crippen molar-refractivity contribution in [3.63, 3.8) is 0 Å². The van der Waals surface area contributed by atoms with Gasteiger partial charge >= 0.3 is 0 Å². The van der Waals surface area contributed by atoms with Crippen LogP contribution < -0.4 is 5.56 Å². The minimum atomic E-state index is -3.47. The third-order valence-electron chi connectivity index (χ3n) is 3.70. The Morgan fingerprint density at radius 3 is 2.79 bits per heavy atom. The molecule has 7 heteroatoms. The lowest BCUT2D eigenvalue weighted by molar-refractivity contribution is 0.238. The van der Waals surface area contributed by atoms with Gasteiger partial charge in [0.15, 0.2) is 0 Å². The third-order valence-corrected chi connectivity index (χ3v) is 4.59. The highest BCUT2D eigenvalue weighted by molar-refractivity contribution is 7.90. The fraction of sp³-hybridized carbons (Fsp3) is 0.667. The highest BCUT2D eigenvalue weighted by atomic mass is 32.2. The number of aromatic amines is 1. The van der Waals surface area contributed by atoms with Gasteiger partial charge in [-0.2, -0.15) is 0 Å². The summed E-state index contributed by atoms with van der Waals surface area (Å²) in [7, 11) is -3.47. The van der Waals surface area contributed by atoms with E-state index in [2.05, 4.69) is 14.9 Å². The highest BCUT2D eigenvalue weighted by Gasteiger charge is 2.28. The van der Waals surface area contributed by atoms with E-state index >= 15 is 0 Å². The molecular formula is C12H17N3O3S. The monoisotopic (exact) mass is 283 g/mol. The normalized spacial score (nSPS) is 20.3. The Morgan fingerprint density at radius 1 is 1.42 bits per heavy atom. The third kappa shape index (κ3) is 2.71. The van der Waals surface area contributed by atoms with Crippen molar-refractivity contribution < 1.29 is 8.42 Å². The molecule has 2 aliphatic rings. The smallest absolute Gasteiger partial charge is 0.255 e. The molecule has 0 atom stereocenters. The van der Waals surface area contributed by atoms with Crippen molar-refractivity contribution in [1.29, 1.82) is 0 Å². The molecule has 0 radical (unpaired) electrons. The Hall–Kier alpha value is -1.21. The molecular weight excluding hydrogens is 266 g/mol. The summed E-state index contributed by atoms with van der Waals surface area (Å²) in [6.07, 6.45) is 4.26. The molecule has 0 spiro atoms. The second-order valence-corrected chi connectivity index (χ2v) is 7.43. The molecule has 2 heterocycles. The number of sulfone groups is 1. The zero-order valence-electron chi connectivity index (χ0n) is 10.8. The molecule has 6 nitrogen and oxygen atoms in total. The quantitative estimate of drug-likeness (QED) is 0.786. The Morgan fingerprint density at radius 2 is 2.16 bits per heavy atom. The topological polar surface area (TPSA) is 83.1 Å². The number of nitrogens with zero attached hydrogens (tertiary/aromatic N) is 2. The summed E-state index contributed by atoms with van der Waals surface area (Å²) < 4.78 is 23.0. The number of fused-ring (bicyclic) bond motifs is 1. The number of hydrogen-bond acceptors (Lipinski definition) is 5. The molecule has 19 heavy (non-hydrogen) atoms. The van der Waals surface area contributed by atoms with Gasteiger partial charge in [-0.3, -0.25) is 14.7 Å². The van der Waals surface area contributed by atoms with Crippen molar-refractivity contribution in [3.05, 3.63) is 21.6 Å². The number of aromatic nitrogens is 2. The minimum absolute atomic E-state index is 0.218. The van der Waals surface area contributed by atoms with Gasteiger partial charge in [0.2, 0.25) is 15.0 Å². The summed E-state index contributed by atoms with van der Waals surface area (Å²) in [6, 6.07) is 0. The van der Waals surface area contributed by atoms with Gasteiger partial charge in [0.25, 0.3) is 5.56 Å². The predicted octanol–water partition coefficient (Wildman–Crippen LogP) is -0.0585. The van der Waals surface area contributed by atoms with Crippen molar-refractivity contribution in [1.82, 2.24) is 14.9 Å². The fourth-order valence-corrected chi connectivity index (χ4v) is 3.02. The molecule has 0 saturated heterocycles. The summed E-state index contributed by atoms with van der Waals surface area (Å²) >= 11 is 0. The van der Waals surface area contributed by atoms with E-state index in [0.29, 0.717) is 24.2 Å². The highest BCUT2D eigenvalue weighted by Crippen LogP contribution is 2.30. The maximum atomic E-state index is 11.9. The first-order chi connectivity index (χ1) is 8.93. The standard InChI is InChI=1S/C12H17N3O3S/c1-19(17,18)12-13-10-7-15(6-8-2-3-8)5-4-9(10)11(16)14-12/h8H,2-7H2,1H3,(H,13,14,16). The van der Waals surface area contributed by atoms with Crippen LogP contribution in [0.2, 0.25) is 0 Å². The largest absolute Gasteiger partial charge is 0.297 e. The first kappa shape index (κ1) is 12.8. The first-order valence-electron chi connectivity index (χ1n) is 6.48. The molecule has 0 amide bonds. The summed E-state index contributed by atoms with van der Waals surface area (Å²) in [6.45, 7) is 2.47. The van der Waals surface area contributed by atoms with E-state index in [-0.39, 0.29) is 10.7 Å². The molecule has 1 aromatic heterocycles. The van der Waals surface area contributed by atoms with E-state index in [1.54, 1.807) is 0 Å². The van der Waals surface area contributed by atoms with Crippen LogP contribution in [-0.2, 0) is 22.8 Å². The fourth-order valence-electron chi connectivity index (χ4n) is 2.47. The minimum Gasteiger partial charge on any atom is -0.297 e. The molecule has 3 rings (SSSR count). The lowest BCUT2D eigenvalue weighted by Crippen LogP contribution is -2.37. The van der Waals surface area contributed by atoms with Crippen LogP contribution in [0.15, 0.2) is 9.95 Å². The van der Waals surface area contributed by atoms with E-state index in [9.17, 15) is 13.2 Å². The summed E-state index contributed by atoms with van der Waals surface area (Å²) in [5.41, 5.74) is 0.951. The van der Waals surface area contributed by atoms with Crippen molar-refractivity contribution in [2.75, 3.05) is 19.3 Å². The number of rotatable bonds is 3. The summed E-state index contributed by atoms with van der Waals surface area (Å²) in [5.74, 6) is 0.776. The molecule has 104 valence electrons. The lowest BCUT2D eigenvalue weighted by Gasteiger charge is -2.27. The van der Waals surface area contributed by atoms with Gasteiger partial charge in [0.1, 0.15) is 0 Å². The van der Waals surface area contributed by atoms with E-state index in [1.807, 2.05) is 0 Å². The van der Waals surface area contributed by atoms with Crippen molar-refractivity contribution in [2.45, 2.75) is 31.0 Å². The number of H-pyrrole nitrogens is 1. The maximum absolute atomic E-state index is 11.9. The average molecular weight is 283 g/mol. The van der Waals surface area contributed by atoms with Crippen LogP contribution in [0.1, 0.15) is 24.1 Å². The van der Waals surface area contributed by atoms with Crippen molar-refractivity contribution in [3.8, 4) is 0 Å². The zero-order chi connectivity index (χ0) is 13.6. The Labute approximate surface area is 111 Å². The SMILES string of the molecule is CS(=O)(=O)c1nc2c(c(=O)[nH]1)CCN(CC1CC1)C2. The average Bonchev–Trinajstić information content (AvgIpc) is 3.11. The van der Waals surface area contributed by atoms with Crippen LogP contribution in [0.5, 0.6) is 0 Å². The van der Waals surface area contributed by atoms with Gasteiger partial charge in [0.05, 0.1) is 5.69 Å². The zero-order valence-corrected chi connectivity index (χ0v) is 11.7. The van der Waals surface area contributed by atoms with Crippen LogP contribution in [-0.4, -0.2) is 42.6 Å². The second-order valence-electron chi connectivity index (χ2n) is 5.50. The molecule has 1 aliphatic carbocycles. The molecule has 1 saturated carbocycles. The van der Waals surface area contributed by atoms with Crippen LogP contribution in [0.3, 0.4) is 0 Å².